The molecule has 4 heteroatoms. The fourth-order valence-electron chi connectivity index (χ4n) is 1.18. The zero-order chi connectivity index (χ0) is 11.4. The Morgan fingerprint density at radius 1 is 1.33 bits per heavy atom. The molecule has 0 bridgehead atoms. The summed E-state index contributed by atoms with van der Waals surface area (Å²) in [5.74, 6) is 0.242. The standard InChI is InChI=1S/C11H13Cl2NO/c1-7(2)6-10(15)14-11-8(12)4-3-5-9(11)13/h3-5,7H,6H2,1-2H3,(H,14,15). The van der Waals surface area contributed by atoms with Crippen LogP contribution in [0.25, 0.3) is 0 Å². The summed E-state index contributed by atoms with van der Waals surface area (Å²) in [7, 11) is 0. The molecular weight excluding hydrogens is 233 g/mol. The molecule has 0 aliphatic heterocycles. The highest BCUT2D eigenvalue weighted by Crippen LogP contribution is 2.29. The summed E-state index contributed by atoms with van der Waals surface area (Å²) in [6, 6.07) is 5.12. The third kappa shape index (κ3) is 3.73. The number of hydrogen-bond acceptors (Lipinski definition) is 1. The number of para-hydroxylation sites is 1. The third-order valence-electron chi connectivity index (χ3n) is 1.82. The van der Waals surface area contributed by atoms with Crippen LogP contribution in [-0.2, 0) is 4.79 Å². The zero-order valence-corrected chi connectivity index (χ0v) is 10.2. The van der Waals surface area contributed by atoms with Gasteiger partial charge in [0.05, 0.1) is 15.7 Å². The van der Waals surface area contributed by atoms with Crippen LogP contribution < -0.4 is 5.32 Å². The first-order valence-corrected chi connectivity index (χ1v) is 5.50. The maximum Gasteiger partial charge on any atom is 0.224 e. The van der Waals surface area contributed by atoms with Crippen molar-refractivity contribution in [3.8, 4) is 0 Å². The van der Waals surface area contributed by atoms with Gasteiger partial charge in [-0.25, -0.2) is 0 Å². The maximum absolute atomic E-state index is 11.5. The van der Waals surface area contributed by atoms with Gasteiger partial charge in [-0.2, -0.15) is 0 Å². The molecule has 1 N–H and O–H groups in total. The predicted molar refractivity (Wildman–Crippen MR) is 64.5 cm³/mol. The molecule has 15 heavy (non-hydrogen) atoms. The van der Waals surface area contributed by atoms with Crippen molar-refractivity contribution in [2.45, 2.75) is 20.3 Å². The molecule has 1 rings (SSSR count). The van der Waals surface area contributed by atoms with Crippen LogP contribution in [0, 0.1) is 5.92 Å². The first-order valence-electron chi connectivity index (χ1n) is 4.74. The summed E-state index contributed by atoms with van der Waals surface area (Å²) >= 11 is 11.8. The monoisotopic (exact) mass is 245 g/mol. The number of halogens is 2. The number of hydrogen-bond donors (Lipinski definition) is 1. The molecule has 0 spiro atoms. The molecule has 0 atom stereocenters. The van der Waals surface area contributed by atoms with E-state index >= 15 is 0 Å². The molecular formula is C11H13Cl2NO. The van der Waals surface area contributed by atoms with E-state index in [1.807, 2.05) is 13.8 Å². The Bertz CT molecular complexity index is 343. The van der Waals surface area contributed by atoms with Crippen molar-refractivity contribution in [2.24, 2.45) is 5.92 Å². The highest BCUT2D eigenvalue weighted by molar-refractivity contribution is 6.39. The van der Waals surface area contributed by atoms with Crippen molar-refractivity contribution >= 4 is 34.8 Å². The first-order chi connectivity index (χ1) is 7.00. The number of carbonyl (C=O) groups excluding carboxylic acids is 1. The van der Waals surface area contributed by atoms with Crippen LogP contribution in [0.1, 0.15) is 20.3 Å². The largest absolute Gasteiger partial charge is 0.324 e. The average Bonchev–Trinajstić information content (AvgIpc) is 2.10. The fraction of sp³-hybridized carbons (Fsp3) is 0.364. The topological polar surface area (TPSA) is 29.1 Å². The van der Waals surface area contributed by atoms with E-state index in [-0.39, 0.29) is 5.91 Å². The van der Waals surface area contributed by atoms with E-state index in [2.05, 4.69) is 5.32 Å². The highest BCUT2D eigenvalue weighted by Gasteiger charge is 2.10. The minimum absolute atomic E-state index is 0.0694. The van der Waals surface area contributed by atoms with Gasteiger partial charge in [0.1, 0.15) is 0 Å². The number of amides is 1. The number of carbonyl (C=O) groups is 1. The van der Waals surface area contributed by atoms with Crippen LogP contribution >= 0.6 is 23.2 Å². The molecule has 0 aliphatic carbocycles. The summed E-state index contributed by atoms with van der Waals surface area (Å²) in [4.78, 5) is 11.5. The van der Waals surface area contributed by atoms with Crippen molar-refractivity contribution in [1.82, 2.24) is 0 Å². The molecule has 0 heterocycles. The van der Waals surface area contributed by atoms with Gasteiger partial charge in [-0.15, -0.1) is 0 Å². The van der Waals surface area contributed by atoms with E-state index in [1.165, 1.54) is 0 Å². The fourth-order valence-corrected chi connectivity index (χ4v) is 1.67. The Morgan fingerprint density at radius 3 is 2.33 bits per heavy atom. The number of rotatable bonds is 3. The van der Waals surface area contributed by atoms with Gasteiger partial charge in [-0.3, -0.25) is 4.79 Å². The van der Waals surface area contributed by atoms with Gasteiger partial charge in [0.15, 0.2) is 0 Å². The van der Waals surface area contributed by atoms with E-state index in [9.17, 15) is 4.79 Å². The lowest BCUT2D eigenvalue weighted by molar-refractivity contribution is -0.116. The van der Waals surface area contributed by atoms with Gasteiger partial charge in [0, 0.05) is 6.42 Å². The van der Waals surface area contributed by atoms with Crippen molar-refractivity contribution in [1.29, 1.82) is 0 Å². The lowest BCUT2D eigenvalue weighted by atomic mass is 10.1. The second-order valence-electron chi connectivity index (χ2n) is 3.74. The molecule has 0 radical (unpaired) electrons. The van der Waals surface area contributed by atoms with Crippen LogP contribution in [0.3, 0.4) is 0 Å². The van der Waals surface area contributed by atoms with Crippen LogP contribution in [0.5, 0.6) is 0 Å². The highest BCUT2D eigenvalue weighted by atomic mass is 35.5. The molecule has 0 fully saturated rings. The van der Waals surface area contributed by atoms with Crippen molar-refractivity contribution in [3.63, 3.8) is 0 Å². The number of anilines is 1. The quantitative estimate of drug-likeness (QED) is 0.858. The van der Waals surface area contributed by atoms with E-state index in [4.69, 9.17) is 23.2 Å². The van der Waals surface area contributed by atoms with E-state index in [0.29, 0.717) is 28.1 Å². The summed E-state index contributed by atoms with van der Waals surface area (Å²) in [5.41, 5.74) is 0.492. The molecule has 0 aliphatic rings. The SMILES string of the molecule is CC(C)CC(=O)Nc1c(Cl)cccc1Cl. The minimum atomic E-state index is -0.0694. The molecule has 82 valence electrons. The molecule has 0 saturated carbocycles. The second-order valence-corrected chi connectivity index (χ2v) is 4.56. The molecule has 0 aromatic heterocycles. The normalized spacial score (nSPS) is 10.5. The van der Waals surface area contributed by atoms with E-state index in [0.717, 1.165) is 0 Å². The van der Waals surface area contributed by atoms with Gasteiger partial charge in [-0.1, -0.05) is 43.1 Å². The number of nitrogens with one attached hydrogen (secondary N) is 1. The Kier molecular flexibility index (Phi) is 4.43. The first kappa shape index (κ1) is 12.3. The Labute approximate surface area is 99.6 Å². The van der Waals surface area contributed by atoms with E-state index in [1.54, 1.807) is 18.2 Å². The molecule has 1 aromatic rings. The maximum atomic E-state index is 11.5. The van der Waals surface area contributed by atoms with Gasteiger partial charge < -0.3 is 5.32 Å². The summed E-state index contributed by atoms with van der Waals surface area (Å²) in [6.07, 6.45) is 0.460. The van der Waals surface area contributed by atoms with Crippen LogP contribution in [0.2, 0.25) is 10.0 Å². The Morgan fingerprint density at radius 2 is 1.87 bits per heavy atom. The molecule has 1 aromatic carbocycles. The van der Waals surface area contributed by atoms with Gasteiger partial charge in [-0.05, 0) is 18.1 Å². The lowest BCUT2D eigenvalue weighted by Crippen LogP contribution is -2.14. The summed E-state index contributed by atoms with van der Waals surface area (Å²) in [5, 5.41) is 3.62. The molecule has 1 amide bonds. The van der Waals surface area contributed by atoms with Crippen molar-refractivity contribution in [2.75, 3.05) is 5.32 Å². The van der Waals surface area contributed by atoms with Crippen LogP contribution in [0.15, 0.2) is 18.2 Å². The van der Waals surface area contributed by atoms with Crippen LogP contribution in [0.4, 0.5) is 5.69 Å². The average molecular weight is 246 g/mol. The smallest absolute Gasteiger partial charge is 0.224 e. The van der Waals surface area contributed by atoms with Gasteiger partial charge in [0.2, 0.25) is 5.91 Å². The summed E-state index contributed by atoms with van der Waals surface area (Å²) in [6.45, 7) is 3.96. The van der Waals surface area contributed by atoms with Crippen molar-refractivity contribution in [3.05, 3.63) is 28.2 Å². The Balaban J connectivity index is 2.76. The molecule has 0 unspecified atom stereocenters. The zero-order valence-electron chi connectivity index (χ0n) is 8.68. The Hall–Kier alpha value is -0.730. The minimum Gasteiger partial charge on any atom is -0.324 e. The van der Waals surface area contributed by atoms with Crippen LogP contribution in [-0.4, -0.2) is 5.91 Å². The second kappa shape index (κ2) is 5.38. The molecule has 2 nitrogen and oxygen atoms in total. The van der Waals surface area contributed by atoms with Gasteiger partial charge >= 0.3 is 0 Å². The van der Waals surface area contributed by atoms with Crippen molar-refractivity contribution < 1.29 is 4.79 Å². The number of benzene rings is 1. The summed E-state index contributed by atoms with van der Waals surface area (Å²) < 4.78 is 0. The van der Waals surface area contributed by atoms with E-state index < -0.39 is 0 Å². The molecule has 0 saturated heterocycles. The lowest BCUT2D eigenvalue weighted by Gasteiger charge is -2.10. The van der Waals surface area contributed by atoms with Gasteiger partial charge in [0.25, 0.3) is 0 Å². The predicted octanol–water partition coefficient (Wildman–Crippen LogP) is 3.98. The third-order valence-corrected chi connectivity index (χ3v) is 2.45.